The van der Waals surface area contributed by atoms with Crippen LogP contribution in [-0.2, 0) is 20.1 Å². The quantitative estimate of drug-likeness (QED) is 0.648. The van der Waals surface area contributed by atoms with E-state index in [-0.39, 0.29) is 5.75 Å². The summed E-state index contributed by atoms with van der Waals surface area (Å²) in [5.74, 6) is -0.684. The Morgan fingerprint density at radius 2 is 1.92 bits per heavy atom. The number of hydrogen-bond acceptors (Lipinski definition) is 6. The molecule has 1 atom stereocenters. The van der Waals surface area contributed by atoms with E-state index in [1.165, 1.54) is 42.2 Å². The molecule has 1 heterocycles. The van der Waals surface area contributed by atoms with Crippen LogP contribution in [0.25, 0.3) is 0 Å². The van der Waals surface area contributed by atoms with Crippen molar-refractivity contribution in [3.05, 3.63) is 51.2 Å². The second kappa shape index (κ2) is 9.61. The van der Waals surface area contributed by atoms with Crippen LogP contribution in [0.15, 0.2) is 36.4 Å². The van der Waals surface area contributed by atoms with Gasteiger partial charge < -0.3 is 15.8 Å². The maximum atomic E-state index is 12.1. The molecule has 138 valence electrons. The fourth-order valence-electron chi connectivity index (χ4n) is 1.91. The van der Waals surface area contributed by atoms with Gasteiger partial charge in [-0.1, -0.05) is 11.6 Å². The molecule has 0 spiro atoms. The summed E-state index contributed by atoms with van der Waals surface area (Å²) in [7, 11) is 0. The minimum Gasteiger partial charge on any atom is -0.452 e. The van der Waals surface area contributed by atoms with Gasteiger partial charge in [-0.05, 0) is 43.3 Å². The van der Waals surface area contributed by atoms with E-state index in [0.717, 1.165) is 4.88 Å². The fourth-order valence-corrected chi connectivity index (χ4v) is 3.91. The summed E-state index contributed by atoms with van der Waals surface area (Å²) in [5, 5.41) is 2.61. The number of primary amides is 1. The number of thioether (sulfide) groups is 1. The molecule has 26 heavy (non-hydrogen) atoms. The smallest absolute Gasteiger partial charge is 0.316 e. The Hall–Kier alpha value is -2.03. The van der Waals surface area contributed by atoms with E-state index < -0.39 is 23.9 Å². The molecule has 0 saturated carbocycles. The van der Waals surface area contributed by atoms with E-state index in [9.17, 15) is 14.4 Å². The van der Waals surface area contributed by atoms with Crippen LogP contribution in [0.4, 0.5) is 5.69 Å². The molecule has 9 heteroatoms. The molecule has 2 aromatic rings. The maximum Gasteiger partial charge on any atom is 0.316 e. The average molecular weight is 413 g/mol. The van der Waals surface area contributed by atoms with Crippen LogP contribution >= 0.6 is 34.7 Å². The lowest BCUT2D eigenvalue weighted by Gasteiger charge is -2.13. The molecule has 0 unspecified atom stereocenters. The largest absolute Gasteiger partial charge is 0.452 e. The number of nitrogens with one attached hydrogen (secondary N) is 1. The van der Waals surface area contributed by atoms with Crippen molar-refractivity contribution >= 4 is 58.2 Å². The van der Waals surface area contributed by atoms with E-state index in [0.29, 0.717) is 21.3 Å². The topological polar surface area (TPSA) is 98.5 Å². The Balaban J connectivity index is 1.74. The van der Waals surface area contributed by atoms with Gasteiger partial charge in [0, 0.05) is 21.9 Å². The summed E-state index contributed by atoms with van der Waals surface area (Å²) in [4.78, 5) is 36.0. The lowest BCUT2D eigenvalue weighted by molar-refractivity contribution is -0.150. The third-order valence-electron chi connectivity index (χ3n) is 3.21. The Kier molecular flexibility index (Phi) is 7.50. The highest BCUT2D eigenvalue weighted by Crippen LogP contribution is 2.25. The molecule has 0 aliphatic rings. The van der Waals surface area contributed by atoms with Gasteiger partial charge in [0.1, 0.15) is 0 Å². The Morgan fingerprint density at radius 3 is 2.50 bits per heavy atom. The Bertz CT molecular complexity index is 792. The molecule has 0 bridgehead atoms. The number of esters is 1. The van der Waals surface area contributed by atoms with E-state index in [1.54, 1.807) is 12.1 Å². The number of carbonyl (C=O) groups excluding carboxylic acids is 3. The van der Waals surface area contributed by atoms with Crippen LogP contribution in [0.3, 0.4) is 0 Å². The molecule has 1 aromatic carbocycles. The van der Waals surface area contributed by atoms with Crippen LogP contribution in [0, 0.1) is 0 Å². The van der Waals surface area contributed by atoms with Gasteiger partial charge in [0.05, 0.1) is 10.1 Å². The van der Waals surface area contributed by atoms with Gasteiger partial charge in [-0.15, -0.1) is 23.1 Å². The van der Waals surface area contributed by atoms with E-state index in [1.807, 2.05) is 12.1 Å². The molecule has 0 radical (unpaired) electrons. The number of hydrogen-bond donors (Lipinski definition) is 2. The summed E-state index contributed by atoms with van der Waals surface area (Å²) in [5.41, 5.74) is 5.97. The maximum absolute atomic E-state index is 12.1. The number of halogens is 1. The molecule has 2 rings (SSSR count). The van der Waals surface area contributed by atoms with Gasteiger partial charge in [-0.25, -0.2) is 0 Å². The van der Waals surface area contributed by atoms with Crippen molar-refractivity contribution in [3.63, 3.8) is 0 Å². The zero-order valence-corrected chi connectivity index (χ0v) is 16.2. The molecule has 0 fully saturated rings. The lowest BCUT2D eigenvalue weighted by atomic mass is 10.2. The van der Waals surface area contributed by atoms with Crippen LogP contribution in [0.1, 0.15) is 22.2 Å². The first-order valence-electron chi connectivity index (χ1n) is 7.57. The van der Waals surface area contributed by atoms with Crippen molar-refractivity contribution in [3.8, 4) is 0 Å². The number of benzene rings is 1. The first-order chi connectivity index (χ1) is 12.3. The number of nitrogens with two attached hydrogens (primary N) is 1. The number of carbonyl (C=O) groups is 3. The normalized spacial score (nSPS) is 11.6. The van der Waals surface area contributed by atoms with Crippen LogP contribution in [-0.4, -0.2) is 29.6 Å². The van der Waals surface area contributed by atoms with E-state index in [2.05, 4.69) is 5.32 Å². The molecular formula is C17H17ClN2O4S2. The monoisotopic (exact) mass is 412 g/mol. The van der Waals surface area contributed by atoms with Gasteiger partial charge >= 0.3 is 5.97 Å². The highest BCUT2D eigenvalue weighted by Gasteiger charge is 2.18. The number of thiophene rings is 1. The minimum absolute atomic E-state index is 0.139. The van der Waals surface area contributed by atoms with Crippen LogP contribution in [0.2, 0.25) is 4.34 Å². The zero-order valence-electron chi connectivity index (χ0n) is 13.9. The van der Waals surface area contributed by atoms with E-state index in [4.69, 9.17) is 22.1 Å². The van der Waals surface area contributed by atoms with Gasteiger partial charge in [-0.3, -0.25) is 14.4 Å². The number of rotatable bonds is 8. The standard InChI is InChI=1S/C17H17ClN2O4S2/c1-10(17(23)20-12-4-2-11(3-5-12)16(19)22)24-15(21)9-25-8-13-6-7-14(18)26-13/h2-7,10H,8-9H2,1H3,(H2,19,22)(H,20,23)/t10-/m0/s1. The SMILES string of the molecule is C[C@H](OC(=O)CSCc1ccc(Cl)s1)C(=O)Nc1ccc(C(N)=O)cc1. The predicted octanol–water partition coefficient (Wildman–Crippen LogP) is 3.30. The fraction of sp³-hybridized carbons (Fsp3) is 0.235. The Labute approximate surface area is 164 Å². The highest BCUT2D eigenvalue weighted by atomic mass is 35.5. The minimum atomic E-state index is -0.935. The van der Waals surface area contributed by atoms with Crippen molar-refractivity contribution in [2.75, 3.05) is 11.1 Å². The third-order valence-corrected chi connectivity index (χ3v) is 5.58. The molecule has 2 amide bonds. The van der Waals surface area contributed by atoms with Crippen LogP contribution < -0.4 is 11.1 Å². The second-order valence-electron chi connectivity index (χ2n) is 5.26. The average Bonchev–Trinajstić information content (AvgIpc) is 3.00. The van der Waals surface area contributed by atoms with Gasteiger partial charge in [0.15, 0.2) is 6.10 Å². The second-order valence-corrected chi connectivity index (χ2v) is 8.05. The number of amides is 2. The summed E-state index contributed by atoms with van der Waals surface area (Å²) in [6.45, 7) is 1.49. The molecule has 3 N–H and O–H groups in total. The van der Waals surface area contributed by atoms with Gasteiger partial charge in [0.2, 0.25) is 5.91 Å². The van der Waals surface area contributed by atoms with E-state index >= 15 is 0 Å². The van der Waals surface area contributed by atoms with Gasteiger partial charge in [0.25, 0.3) is 5.91 Å². The molecule has 0 saturated heterocycles. The molecule has 6 nitrogen and oxygen atoms in total. The summed E-state index contributed by atoms with van der Waals surface area (Å²) >= 11 is 8.70. The Morgan fingerprint density at radius 1 is 1.23 bits per heavy atom. The van der Waals surface area contributed by atoms with Crippen molar-refractivity contribution in [2.24, 2.45) is 5.73 Å². The van der Waals surface area contributed by atoms with Gasteiger partial charge in [-0.2, -0.15) is 0 Å². The zero-order chi connectivity index (χ0) is 19.1. The van der Waals surface area contributed by atoms with Crippen molar-refractivity contribution in [2.45, 2.75) is 18.8 Å². The summed E-state index contributed by atoms with van der Waals surface area (Å²) < 4.78 is 5.83. The van der Waals surface area contributed by atoms with Crippen molar-refractivity contribution in [1.82, 2.24) is 0 Å². The number of anilines is 1. The molecule has 0 aliphatic carbocycles. The van der Waals surface area contributed by atoms with Crippen molar-refractivity contribution < 1.29 is 19.1 Å². The summed E-state index contributed by atoms with van der Waals surface area (Å²) in [6.07, 6.45) is -0.935. The number of ether oxygens (including phenoxy) is 1. The molecule has 1 aromatic heterocycles. The predicted molar refractivity (Wildman–Crippen MR) is 105 cm³/mol. The first kappa shape index (κ1) is 20.3. The van der Waals surface area contributed by atoms with Crippen molar-refractivity contribution in [1.29, 1.82) is 0 Å². The third kappa shape index (κ3) is 6.36. The molecule has 0 aliphatic heterocycles. The van der Waals surface area contributed by atoms with Crippen LogP contribution in [0.5, 0.6) is 0 Å². The lowest BCUT2D eigenvalue weighted by Crippen LogP contribution is -2.30. The highest BCUT2D eigenvalue weighted by molar-refractivity contribution is 7.99. The first-order valence-corrected chi connectivity index (χ1v) is 9.92. The summed E-state index contributed by atoms with van der Waals surface area (Å²) in [6, 6.07) is 9.82. The molecular weight excluding hydrogens is 396 g/mol.